The lowest BCUT2D eigenvalue weighted by molar-refractivity contribution is -0.132. The number of likely N-dealkylation sites (N-methyl/N-ethyl adjacent to an activating group) is 1. The van der Waals surface area contributed by atoms with Crippen LogP contribution < -0.4 is 10.6 Å². The molecule has 7 heteroatoms. The molecule has 0 aromatic carbocycles. The van der Waals surface area contributed by atoms with Crippen LogP contribution in [0.3, 0.4) is 0 Å². The molecule has 7 nitrogen and oxygen atoms in total. The standard InChI is InChI=1S/C18H26N4O3/c1-13(2)16(22(4)17(24)11-20-12-23)9-14(3)18(25)21-10-15-5-7-19-8-6-15/h5-9,12-13,16H,10-11H2,1-4H3,(H,20,23)(H,21,25)/b14-9+/t16-/m1/s1. The van der Waals surface area contributed by atoms with Crippen LogP contribution in [0.2, 0.25) is 0 Å². The fraction of sp³-hybridized carbons (Fsp3) is 0.444. The Morgan fingerprint density at radius 1 is 1.28 bits per heavy atom. The van der Waals surface area contributed by atoms with Crippen molar-refractivity contribution in [3.63, 3.8) is 0 Å². The number of pyridine rings is 1. The average Bonchev–Trinajstić information content (AvgIpc) is 2.61. The molecular formula is C18H26N4O3. The van der Waals surface area contributed by atoms with Crippen LogP contribution in [0.5, 0.6) is 0 Å². The fourth-order valence-electron chi connectivity index (χ4n) is 2.33. The van der Waals surface area contributed by atoms with E-state index in [9.17, 15) is 14.4 Å². The van der Waals surface area contributed by atoms with Gasteiger partial charge in [0.15, 0.2) is 0 Å². The first-order valence-corrected chi connectivity index (χ1v) is 8.15. The van der Waals surface area contributed by atoms with Crippen molar-refractivity contribution in [1.82, 2.24) is 20.5 Å². The van der Waals surface area contributed by atoms with Crippen molar-refractivity contribution in [3.05, 3.63) is 41.7 Å². The van der Waals surface area contributed by atoms with Crippen LogP contribution in [-0.4, -0.2) is 47.7 Å². The van der Waals surface area contributed by atoms with Gasteiger partial charge in [0.2, 0.25) is 18.2 Å². The second-order valence-corrected chi connectivity index (χ2v) is 6.13. The summed E-state index contributed by atoms with van der Waals surface area (Å²) in [7, 11) is 1.66. The predicted molar refractivity (Wildman–Crippen MR) is 95.3 cm³/mol. The zero-order valence-corrected chi connectivity index (χ0v) is 15.2. The van der Waals surface area contributed by atoms with Crippen molar-refractivity contribution in [2.75, 3.05) is 13.6 Å². The first kappa shape index (κ1) is 20.3. The Hall–Kier alpha value is -2.70. The molecule has 1 rings (SSSR count). The van der Waals surface area contributed by atoms with Crippen LogP contribution in [0.1, 0.15) is 26.3 Å². The summed E-state index contributed by atoms with van der Waals surface area (Å²) < 4.78 is 0. The minimum atomic E-state index is -0.243. The van der Waals surface area contributed by atoms with Gasteiger partial charge >= 0.3 is 0 Å². The lowest BCUT2D eigenvalue weighted by atomic mass is 9.99. The van der Waals surface area contributed by atoms with E-state index < -0.39 is 0 Å². The summed E-state index contributed by atoms with van der Waals surface area (Å²) in [6, 6.07) is 3.43. The Morgan fingerprint density at radius 2 is 1.92 bits per heavy atom. The molecule has 136 valence electrons. The summed E-state index contributed by atoms with van der Waals surface area (Å²) in [5.41, 5.74) is 1.50. The van der Waals surface area contributed by atoms with E-state index in [-0.39, 0.29) is 30.3 Å². The van der Waals surface area contributed by atoms with Gasteiger partial charge in [0, 0.05) is 31.6 Å². The predicted octanol–water partition coefficient (Wildman–Crippen LogP) is 0.873. The van der Waals surface area contributed by atoms with Crippen molar-refractivity contribution in [2.24, 2.45) is 5.92 Å². The molecule has 0 bridgehead atoms. The van der Waals surface area contributed by atoms with Gasteiger partial charge in [-0.15, -0.1) is 0 Å². The molecule has 0 aliphatic heterocycles. The smallest absolute Gasteiger partial charge is 0.246 e. The third-order valence-corrected chi connectivity index (χ3v) is 3.84. The molecule has 1 heterocycles. The maximum absolute atomic E-state index is 12.3. The maximum atomic E-state index is 12.3. The lowest BCUT2D eigenvalue weighted by Gasteiger charge is -2.29. The van der Waals surface area contributed by atoms with Crippen molar-refractivity contribution < 1.29 is 14.4 Å². The SMILES string of the molecule is C/C(=C\[C@H](C(C)C)N(C)C(=O)CNC=O)C(=O)NCc1ccncc1. The van der Waals surface area contributed by atoms with Crippen LogP contribution in [-0.2, 0) is 20.9 Å². The first-order valence-electron chi connectivity index (χ1n) is 8.15. The van der Waals surface area contributed by atoms with Gasteiger partial charge in [-0.2, -0.15) is 0 Å². The molecule has 0 radical (unpaired) electrons. The molecule has 0 aliphatic rings. The molecule has 0 saturated heterocycles. The van der Waals surface area contributed by atoms with Gasteiger partial charge < -0.3 is 15.5 Å². The van der Waals surface area contributed by atoms with Crippen LogP contribution in [0, 0.1) is 5.92 Å². The van der Waals surface area contributed by atoms with E-state index >= 15 is 0 Å². The van der Waals surface area contributed by atoms with Crippen molar-refractivity contribution >= 4 is 18.2 Å². The Balaban J connectivity index is 2.74. The number of amides is 3. The molecule has 3 amide bonds. The van der Waals surface area contributed by atoms with Crippen LogP contribution >= 0.6 is 0 Å². The summed E-state index contributed by atoms with van der Waals surface area (Å²) >= 11 is 0. The van der Waals surface area contributed by atoms with Crippen molar-refractivity contribution in [2.45, 2.75) is 33.4 Å². The number of hydrogen-bond acceptors (Lipinski definition) is 4. The summed E-state index contributed by atoms with van der Waals surface area (Å²) in [6.07, 6.45) is 5.62. The van der Waals surface area contributed by atoms with Gasteiger partial charge in [-0.05, 0) is 30.5 Å². The minimum Gasteiger partial charge on any atom is -0.350 e. The van der Waals surface area contributed by atoms with Gasteiger partial charge in [-0.3, -0.25) is 19.4 Å². The van der Waals surface area contributed by atoms with Crippen LogP contribution in [0.15, 0.2) is 36.2 Å². The number of aromatic nitrogens is 1. The largest absolute Gasteiger partial charge is 0.350 e. The van der Waals surface area contributed by atoms with E-state index in [0.717, 1.165) is 5.56 Å². The highest BCUT2D eigenvalue weighted by molar-refractivity contribution is 5.93. The van der Waals surface area contributed by atoms with Gasteiger partial charge in [0.05, 0.1) is 12.6 Å². The Labute approximate surface area is 148 Å². The third-order valence-electron chi connectivity index (χ3n) is 3.84. The molecule has 0 fully saturated rings. The fourth-order valence-corrected chi connectivity index (χ4v) is 2.33. The van der Waals surface area contributed by atoms with E-state index in [1.165, 1.54) is 0 Å². The molecule has 0 unspecified atom stereocenters. The first-order chi connectivity index (χ1) is 11.9. The summed E-state index contributed by atoms with van der Waals surface area (Å²) in [5.74, 6) is -0.283. The van der Waals surface area contributed by atoms with Gasteiger partial charge in [-0.25, -0.2) is 0 Å². The number of carbonyl (C=O) groups excluding carboxylic acids is 3. The summed E-state index contributed by atoms with van der Waals surface area (Å²) in [6.45, 7) is 6.01. The molecule has 2 N–H and O–H groups in total. The number of nitrogens with one attached hydrogen (secondary N) is 2. The van der Waals surface area contributed by atoms with E-state index in [4.69, 9.17) is 0 Å². The van der Waals surface area contributed by atoms with E-state index in [0.29, 0.717) is 18.5 Å². The van der Waals surface area contributed by atoms with Crippen LogP contribution in [0.4, 0.5) is 0 Å². The topological polar surface area (TPSA) is 91.4 Å². The molecule has 0 aliphatic carbocycles. The molecule has 0 saturated carbocycles. The highest BCUT2D eigenvalue weighted by Crippen LogP contribution is 2.13. The van der Waals surface area contributed by atoms with Gasteiger partial charge in [-0.1, -0.05) is 19.9 Å². The number of carbonyl (C=O) groups is 3. The highest BCUT2D eigenvalue weighted by atomic mass is 16.2. The molecule has 1 atom stereocenters. The number of hydrogen-bond donors (Lipinski definition) is 2. The Bertz CT molecular complexity index is 614. The average molecular weight is 346 g/mol. The summed E-state index contributed by atoms with van der Waals surface area (Å²) in [5, 5.41) is 5.21. The molecule has 1 aromatic heterocycles. The quantitative estimate of drug-likeness (QED) is 0.513. The molecule has 1 aromatic rings. The minimum absolute atomic E-state index is 0.0651. The Kier molecular flexibility index (Phi) is 8.32. The van der Waals surface area contributed by atoms with Gasteiger partial charge in [0.25, 0.3) is 0 Å². The second kappa shape index (κ2) is 10.2. The number of rotatable bonds is 9. The maximum Gasteiger partial charge on any atom is 0.246 e. The van der Waals surface area contributed by atoms with Crippen molar-refractivity contribution in [1.29, 1.82) is 0 Å². The normalized spacial score (nSPS) is 12.4. The Morgan fingerprint density at radius 3 is 2.48 bits per heavy atom. The zero-order valence-electron chi connectivity index (χ0n) is 15.2. The second-order valence-electron chi connectivity index (χ2n) is 6.13. The summed E-state index contributed by atoms with van der Waals surface area (Å²) in [4.78, 5) is 40.2. The zero-order chi connectivity index (χ0) is 18.8. The van der Waals surface area contributed by atoms with E-state index in [2.05, 4.69) is 15.6 Å². The van der Waals surface area contributed by atoms with Crippen molar-refractivity contribution in [3.8, 4) is 0 Å². The monoisotopic (exact) mass is 346 g/mol. The van der Waals surface area contributed by atoms with E-state index in [1.54, 1.807) is 37.3 Å². The molecule has 0 spiro atoms. The third kappa shape index (κ3) is 6.74. The van der Waals surface area contributed by atoms with Gasteiger partial charge in [0.1, 0.15) is 0 Å². The van der Waals surface area contributed by atoms with Crippen LogP contribution in [0.25, 0.3) is 0 Å². The molecule has 25 heavy (non-hydrogen) atoms. The lowest BCUT2D eigenvalue weighted by Crippen LogP contribution is -2.43. The highest BCUT2D eigenvalue weighted by Gasteiger charge is 2.22. The molecular weight excluding hydrogens is 320 g/mol. The van der Waals surface area contributed by atoms with E-state index in [1.807, 2.05) is 26.0 Å². The number of nitrogens with zero attached hydrogens (tertiary/aromatic N) is 2.